The Kier molecular flexibility index (Phi) is 19.8. The highest BCUT2D eigenvalue weighted by Crippen LogP contribution is 2.28. The van der Waals surface area contributed by atoms with Gasteiger partial charge in [0.1, 0.15) is 0 Å². The molecule has 3 N–H and O–H groups in total. The molecule has 4 heterocycles. The first-order valence-corrected chi connectivity index (χ1v) is 16.1. The maximum absolute atomic E-state index is 8.95. The molecule has 9 heteroatoms. The summed E-state index contributed by atoms with van der Waals surface area (Å²) in [5.74, 6) is 2.98. The minimum absolute atomic E-state index is 0.215. The predicted molar refractivity (Wildman–Crippen MR) is 166 cm³/mol. The van der Waals surface area contributed by atoms with E-state index in [0.29, 0.717) is 10.8 Å². The summed E-state index contributed by atoms with van der Waals surface area (Å²) in [6, 6.07) is 0.827. The van der Waals surface area contributed by atoms with Gasteiger partial charge in [-0.3, -0.25) is 9.98 Å². The lowest BCUT2D eigenvalue weighted by Crippen LogP contribution is -2.55. The van der Waals surface area contributed by atoms with E-state index in [-0.39, 0.29) is 12.6 Å². The number of hydrogen-bond donors (Lipinski definition) is 4. The smallest absolute Gasteiger partial charge is 0.194 e. The van der Waals surface area contributed by atoms with Gasteiger partial charge >= 0.3 is 0 Å². The Morgan fingerprint density at radius 1 is 0.917 bits per heavy atom. The summed E-state index contributed by atoms with van der Waals surface area (Å²) >= 11 is 5.48. The van der Waals surface area contributed by atoms with E-state index < -0.39 is 0 Å². The van der Waals surface area contributed by atoms with Crippen molar-refractivity contribution in [1.82, 2.24) is 20.4 Å². The van der Waals surface area contributed by atoms with Crippen LogP contribution in [-0.4, -0.2) is 102 Å². The van der Waals surface area contributed by atoms with E-state index in [0.717, 1.165) is 56.9 Å². The van der Waals surface area contributed by atoms with Gasteiger partial charge in [-0.05, 0) is 50.5 Å². The first-order chi connectivity index (χ1) is 17.2. The van der Waals surface area contributed by atoms with Crippen molar-refractivity contribution >= 4 is 36.3 Å². The average Bonchev–Trinajstić information content (AvgIpc) is 2.90. The zero-order chi connectivity index (χ0) is 27.6. The summed E-state index contributed by atoms with van der Waals surface area (Å²) in [7, 11) is 0. The molecule has 2 unspecified atom stereocenters. The molecule has 2 atom stereocenters. The number of thiol groups is 1. The van der Waals surface area contributed by atoms with E-state index in [1.165, 1.54) is 32.4 Å². The lowest BCUT2D eigenvalue weighted by molar-refractivity contribution is 0.213. The van der Waals surface area contributed by atoms with Crippen molar-refractivity contribution < 1.29 is 5.11 Å². The highest BCUT2D eigenvalue weighted by molar-refractivity contribution is 7.99. The predicted octanol–water partition coefficient (Wildman–Crippen LogP) is 4.58. The first-order valence-electron chi connectivity index (χ1n) is 14.0. The fraction of sp³-hybridized carbons (Fsp3) is 0.926. The maximum Gasteiger partial charge on any atom is 0.194 e. The summed E-state index contributed by atoms with van der Waals surface area (Å²) < 4.78 is 0.370. The van der Waals surface area contributed by atoms with Gasteiger partial charge in [0.25, 0.3) is 0 Å². The number of aliphatic imine (C=N–C) groups is 2. The van der Waals surface area contributed by atoms with Crippen molar-refractivity contribution in [3.05, 3.63) is 0 Å². The van der Waals surface area contributed by atoms with Gasteiger partial charge in [0.2, 0.25) is 0 Å². The van der Waals surface area contributed by atoms with Crippen LogP contribution >= 0.6 is 24.4 Å². The quantitative estimate of drug-likeness (QED) is 0.387. The van der Waals surface area contributed by atoms with Crippen LogP contribution in [0.25, 0.3) is 0 Å². The average molecular weight is 547 g/mol. The number of fused-ring (bicyclic) bond motifs is 2. The molecule has 0 saturated carbocycles. The van der Waals surface area contributed by atoms with Gasteiger partial charge in [-0.25, -0.2) is 0 Å². The number of hydrogen-bond acceptors (Lipinski definition) is 9. The second kappa shape index (κ2) is 20.2. The monoisotopic (exact) mass is 546 g/mol. The third kappa shape index (κ3) is 14.2. The number of nitrogens with zero attached hydrogens (tertiary/aromatic N) is 4. The van der Waals surface area contributed by atoms with Gasteiger partial charge in [-0.2, -0.15) is 24.4 Å². The Morgan fingerprint density at radius 3 is 1.75 bits per heavy atom. The molecule has 0 aliphatic carbocycles. The zero-order valence-corrected chi connectivity index (χ0v) is 26.5. The van der Waals surface area contributed by atoms with Crippen LogP contribution < -0.4 is 10.6 Å². The summed E-state index contributed by atoms with van der Waals surface area (Å²) in [6.45, 7) is 21.8. The fourth-order valence-electron chi connectivity index (χ4n) is 4.11. The summed E-state index contributed by atoms with van der Waals surface area (Å²) in [5.41, 5.74) is 0. The number of nitrogens with one attached hydrogen (secondary N) is 2. The summed E-state index contributed by atoms with van der Waals surface area (Å²) in [4.78, 5) is 13.6. The van der Waals surface area contributed by atoms with E-state index in [4.69, 9.17) is 5.11 Å². The van der Waals surface area contributed by atoms with Gasteiger partial charge in [0.05, 0.1) is 12.6 Å². The highest BCUT2D eigenvalue weighted by atomic mass is 32.2. The summed E-state index contributed by atoms with van der Waals surface area (Å²) in [5, 5.41) is 15.8. The maximum atomic E-state index is 8.95. The highest BCUT2D eigenvalue weighted by Gasteiger charge is 2.29. The summed E-state index contributed by atoms with van der Waals surface area (Å²) in [6.07, 6.45) is 9.77. The van der Waals surface area contributed by atoms with Crippen molar-refractivity contribution in [3.63, 3.8) is 0 Å². The van der Waals surface area contributed by atoms with Crippen LogP contribution in [0.1, 0.15) is 80.6 Å². The van der Waals surface area contributed by atoms with Crippen molar-refractivity contribution in [3.8, 4) is 0 Å². The molecule has 214 valence electrons. The minimum atomic E-state index is 0.215. The van der Waals surface area contributed by atoms with Crippen molar-refractivity contribution in [2.24, 2.45) is 15.9 Å². The molecular formula is C27H58N6OS2. The molecule has 0 amide bonds. The molecule has 2 saturated heterocycles. The second-order valence-electron chi connectivity index (χ2n) is 10.4. The molecule has 0 aromatic heterocycles. The first kappa shape index (κ1) is 35.2. The molecule has 36 heavy (non-hydrogen) atoms. The second-order valence-corrected chi connectivity index (χ2v) is 11.9. The molecule has 4 aliphatic rings. The van der Waals surface area contributed by atoms with Gasteiger partial charge in [-0.1, -0.05) is 48.5 Å². The number of aliphatic hydroxyl groups excluding tert-OH is 1. The van der Waals surface area contributed by atoms with Crippen LogP contribution in [0.4, 0.5) is 0 Å². The molecule has 4 aliphatic heterocycles. The van der Waals surface area contributed by atoms with Crippen LogP contribution in [0, 0.1) is 5.92 Å². The molecule has 4 rings (SSSR count). The zero-order valence-electron chi connectivity index (χ0n) is 24.8. The number of guanidine groups is 2. The van der Waals surface area contributed by atoms with E-state index in [1.807, 2.05) is 25.6 Å². The number of aliphatic hydroxyl groups is 1. The normalized spacial score (nSPS) is 22.4. The molecule has 7 nitrogen and oxygen atoms in total. The van der Waals surface area contributed by atoms with Crippen LogP contribution in [-0.2, 0) is 0 Å². The molecule has 0 radical (unpaired) electrons. The Bertz CT molecular complexity index is 612. The van der Waals surface area contributed by atoms with E-state index in [9.17, 15) is 0 Å². The number of rotatable bonds is 4. The van der Waals surface area contributed by atoms with E-state index in [2.05, 4.69) is 83.9 Å². The number of thioether (sulfide) groups is 1. The largest absolute Gasteiger partial charge is 0.394 e. The fourth-order valence-corrected chi connectivity index (χ4v) is 4.48. The Labute approximate surface area is 233 Å². The third-order valence-electron chi connectivity index (χ3n) is 5.97. The Balaban J connectivity index is 0.000000540. The van der Waals surface area contributed by atoms with Crippen LogP contribution in [0.15, 0.2) is 9.98 Å². The lowest BCUT2D eigenvalue weighted by Gasteiger charge is -2.40. The molecule has 0 aromatic carbocycles. The van der Waals surface area contributed by atoms with Crippen LogP contribution in [0.3, 0.4) is 0 Å². The lowest BCUT2D eigenvalue weighted by atomic mass is 9.98. The van der Waals surface area contributed by atoms with E-state index in [1.54, 1.807) is 6.26 Å². The Hall–Kier alpha value is -0.800. The molecule has 0 bridgehead atoms. The van der Waals surface area contributed by atoms with Crippen molar-refractivity contribution in [2.45, 2.75) is 97.4 Å². The van der Waals surface area contributed by atoms with Crippen molar-refractivity contribution in [1.29, 1.82) is 0 Å². The topological polar surface area (TPSA) is 75.5 Å². The van der Waals surface area contributed by atoms with Crippen LogP contribution in [0.2, 0.25) is 0 Å². The molecule has 0 spiro atoms. The molecule has 2 fully saturated rings. The van der Waals surface area contributed by atoms with E-state index >= 15 is 0 Å². The Morgan fingerprint density at radius 2 is 1.33 bits per heavy atom. The van der Waals surface area contributed by atoms with Gasteiger partial charge < -0.3 is 25.5 Å². The minimum Gasteiger partial charge on any atom is -0.394 e. The molecular weight excluding hydrogens is 488 g/mol. The molecule has 0 aromatic rings. The standard InChI is InChI=1S/C12H23N3S.C8H15N3O.C4H10.C2H6.CH4S/c1-12(2,16-3)9-10-5-8-15-7-4-6-13-11(15)14-10;12-6-7-2-5-11-4-1-3-9-8(11)10-7;1-4(2)3;2*1-2/h10H,4-9H2,1-3H3,(H,13,14);7,12H,1-6H2,(H,9,10);4H,1-3H3;1-2H3;2H,1H3. The SMILES string of the molecule is CC.CC(C)C.CS.CSC(C)(C)CC1CCN2CCCN=C2N1.OCC1CCN2CCCN=C2N1. The van der Waals surface area contributed by atoms with Crippen LogP contribution in [0.5, 0.6) is 0 Å². The van der Waals surface area contributed by atoms with Gasteiger partial charge in [0, 0.05) is 50.1 Å². The van der Waals surface area contributed by atoms with Gasteiger partial charge in [0.15, 0.2) is 11.9 Å². The van der Waals surface area contributed by atoms with Gasteiger partial charge in [-0.15, -0.1) is 0 Å². The third-order valence-corrected chi connectivity index (χ3v) is 7.24. The van der Waals surface area contributed by atoms with Crippen molar-refractivity contribution in [2.75, 3.05) is 58.4 Å².